The van der Waals surface area contributed by atoms with Crippen LogP contribution in [0.25, 0.3) is 0 Å². The number of anilines is 1. The third-order valence-corrected chi connectivity index (χ3v) is 2.45. The number of hydrogen-bond donors (Lipinski definition) is 3. The van der Waals surface area contributed by atoms with E-state index in [1.54, 1.807) is 18.2 Å². The van der Waals surface area contributed by atoms with E-state index in [0.29, 0.717) is 11.4 Å². The molecule has 3 N–H and O–H groups in total. The molecule has 2 rings (SSSR count). The van der Waals surface area contributed by atoms with Crippen LogP contribution in [-0.2, 0) is 11.2 Å². The quantitative estimate of drug-likeness (QED) is 0.658. The molecule has 1 aromatic rings. The van der Waals surface area contributed by atoms with E-state index >= 15 is 0 Å². The van der Waals surface area contributed by atoms with Gasteiger partial charge in [-0.2, -0.15) is 0 Å². The molecule has 0 radical (unpaired) electrons. The lowest BCUT2D eigenvalue weighted by Gasteiger charge is -2.16. The summed E-state index contributed by atoms with van der Waals surface area (Å²) in [6.45, 7) is 0. The van der Waals surface area contributed by atoms with E-state index in [4.69, 9.17) is 9.84 Å². The van der Waals surface area contributed by atoms with Crippen molar-refractivity contribution in [1.29, 1.82) is 0 Å². The average Bonchev–Trinajstić information content (AvgIpc) is 2.54. The molecule has 1 unspecified atom stereocenters. The van der Waals surface area contributed by atoms with Gasteiger partial charge in [-0.25, -0.2) is 4.79 Å². The number of fused-ring (bicyclic) bond motifs is 1. The van der Waals surface area contributed by atoms with Crippen molar-refractivity contribution in [2.24, 2.45) is 0 Å². The largest absolute Gasteiger partial charge is 0.497 e. The summed E-state index contributed by atoms with van der Waals surface area (Å²) in [6.07, 6.45) is 0.0366. The number of carboxylic acids is 1. The van der Waals surface area contributed by atoms with Gasteiger partial charge in [-0.3, -0.25) is 0 Å². The highest BCUT2D eigenvalue weighted by molar-refractivity contribution is 5.84. The molecule has 0 saturated carbocycles. The molecule has 80 valence electrons. The maximum atomic E-state index is 10.8. The van der Waals surface area contributed by atoms with E-state index in [2.05, 4.69) is 5.32 Å². The van der Waals surface area contributed by atoms with Crippen LogP contribution in [0.5, 0.6) is 5.75 Å². The van der Waals surface area contributed by atoms with E-state index < -0.39 is 11.7 Å². The van der Waals surface area contributed by atoms with Crippen molar-refractivity contribution >= 4 is 11.7 Å². The van der Waals surface area contributed by atoms with Gasteiger partial charge in [0.1, 0.15) is 5.75 Å². The van der Waals surface area contributed by atoms with E-state index in [1.165, 1.54) is 7.11 Å². The standard InChI is InChI=1S/C10H11NO4/c1-15-7-2-3-8-6(4-7)5-10(14,11-8)9(12)13/h2-4,11,14H,5H2,1H3,(H,12,13). The Balaban J connectivity index is 2.35. The van der Waals surface area contributed by atoms with Crippen LogP contribution in [-0.4, -0.2) is 29.0 Å². The Morgan fingerprint density at radius 3 is 2.93 bits per heavy atom. The Hall–Kier alpha value is -1.75. The maximum absolute atomic E-state index is 10.8. The first-order chi connectivity index (χ1) is 7.05. The van der Waals surface area contributed by atoms with E-state index in [-0.39, 0.29) is 6.42 Å². The van der Waals surface area contributed by atoms with Crippen LogP contribution in [0.15, 0.2) is 18.2 Å². The van der Waals surface area contributed by atoms with Gasteiger partial charge < -0.3 is 20.3 Å². The average molecular weight is 209 g/mol. The van der Waals surface area contributed by atoms with Gasteiger partial charge in [-0.05, 0) is 23.8 Å². The Morgan fingerprint density at radius 2 is 2.33 bits per heavy atom. The van der Waals surface area contributed by atoms with Crippen LogP contribution in [0.4, 0.5) is 5.69 Å². The Kier molecular flexibility index (Phi) is 2.04. The second-order valence-electron chi connectivity index (χ2n) is 3.49. The van der Waals surface area contributed by atoms with E-state index in [1.807, 2.05) is 0 Å². The van der Waals surface area contributed by atoms with Crippen molar-refractivity contribution < 1.29 is 19.7 Å². The van der Waals surface area contributed by atoms with Crippen molar-refractivity contribution in [3.63, 3.8) is 0 Å². The molecule has 5 heteroatoms. The highest BCUT2D eigenvalue weighted by Gasteiger charge is 2.42. The molecule has 1 aliphatic rings. The fourth-order valence-corrected chi connectivity index (χ4v) is 1.64. The first-order valence-corrected chi connectivity index (χ1v) is 4.46. The van der Waals surface area contributed by atoms with Crippen LogP contribution in [0.2, 0.25) is 0 Å². The molecule has 0 aliphatic carbocycles. The summed E-state index contributed by atoms with van der Waals surface area (Å²) < 4.78 is 5.01. The molecule has 1 atom stereocenters. The second-order valence-corrected chi connectivity index (χ2v) is 3.49. The molecule has 1 aliphatic heterocycles. The smallest absolute Gasteiger partial charge is 0.357 e. The number of carboxylic acid groups (broad SMARTS) is 1. The van der Waals surface area contributed by atoms with Crippen LogP contribution < -0.4 is 10.1 Å². The summed E-state index contributed by atoms with van der Waals surface area (Å²) in [5, 5.41) is 21.1. The van der Waals surface area contributed by atoms with Gasteiger partial charge in [0.15, 0.2) is 0 Å². The molecule has 5 nitrogen and oxygen atoms in total. The number of carbonyl (C=O) groups is 1. The lowest BCUT2D eigenvalue weighted by atomic mass is 10.1. The molecule has 0 fully saturated rings. The Morgan fingerprint density at radius 1 is 1.60 bits per heavy atom. The molecule has 0 saturated heterocycles. The minimum absolute atomic E-state index is 0.0366. The fourth-order valence-electron chi connectivity index (χ4n) is 1.64. The molecular formula is C10H11NO4. The SMILES string of the molecule is COc1ccc2c(c1)CC(O)(C(=O)O)N2. The van der Waals surface area contributed by atoms with Crippen molar-refractivity contribution in [2.75, 3.05) is 12.4 Å². The first kappa shape index (κ1) is 9.79. The topological polar surface area (TPSA) is 78.8 Å². The fraction of sp³-hybridized carbons (Fsp3) is 0.300. The number of methoxy groups -OCH3 is 1. The molecular weight excluding hydrogens is 198 g/mol. The first-order valence-electron chi connectivity index (χ1n) is 4.46. The van der Waals surface area contributed by atoms with Gasteiger partial charge in [-0.1, -0.05) is 0 Å². The van der Waals surface area contributed by atoms with Crippen molar-refractivity contribution in [3.8, 4) is 5.75 Å². The van der Waals surface area contributed by atoms with Crippen molar-refractivity contribution in [3.05, 3.63) is 23.8 Å². The number of nitrogens with one attached hydrogen (secondary N) is 1. The molecule has 0 aromatic heterocycles. The normalized spacial score (nSPS) is 23.1. The highest BCUT2D eigenvalue weighted by atomic mass is 16.5. The summed E-state index contributed by atoms with van der Waals surface area (Å²) >= 11 is 0. The summed E-state index contributed by atoms with van der Waals surface area (Å²) in [4.78, 5) is 10.8. The molecule has 0 amide bonds. The highest BCUT2D eigenvalue weighted by Crippen LogP contribution is 2.33. The van der Waals surface area contributed by atoms with Crippen LogP contribution >= 0.6 is 0 Å². The Labute approximate surface area is 86.3 Å². The van der Waals surface area contributed by atoms with Crippen molar-refractivity contribution in [2.45, 2.75) is 12.1 Å². The summed E-state index contributed by atoms with van der Waals surface area (Å²) in [7, 11) is 1.54. The van der Waals surface area contributed by atoms with Crippen LogP contribution in [0, 0.1) is 0 Å². The van der Waals surface area contributed by atoms with Gasteiger partial charge in [0.2, 0.25) is 5.72 Å². The molecule has 0 spiro atoms. The van der Waals surface area contributed by atoms with E-state index in [0.717, 1.165) is 5.56 Å². The molecule has 15 heavy (non-hydrogen) atoms. The maximum Gasteiger partial charge on any atom is 0.357 e. The zero-order valence-corrected chi connectivity index (χ0v) is 8.15. The molecule has 1 heterocycles. The predicted octanol–water partition coefficient (Wildman–Crippen LogP) is 0.436. The summed E-state index contributed by atoms with van der Waals surface area (Å²) in [6, 6.07) is 5.11. The number of hydrogen-bond acceptors (Lipinski definition) is 4. The van der Waals surface area contributed by atoms with Crippen LogP contribution in [0.1, 0.15) is 5.56 Å². The predicted molar refractivity (Wildman–Crippen MR) is 52.9 cm³/mol. The van der Waals surface area contributed by atoms with Gasteiger partial charge in [0.25, 0.3) is 0 Å². The molecule has 1 aromatic carbocycles. The Bertz CT molecular complexity index is 418. The third kappa shape index (κ3) is 1.50. The van der Waals surface area contributed by atoms with Gasteiger partial charge in [0.05, 0.1) is 7.11 Å². The zero-order valence-electron chi connectivity index (χ0n) is 8.15. The van der Waals surface area contributed by atoms with Crippen molar-refractivity contribution in [1.82, 2.24) is 0 Å². The van der Waals surface area contributed by atoms with E-state index in [9.17, 15) is 9.90 Å². The lowest BCUT2D eigenvalue weighted by Crippen LogP contribution is -2.44. The zero-order chi connectivity index (χ0) is 11.1. The minimum atomic E-state index is -1.89. The van der Waals surface area contributed by atoms with Gasteiger partial charge >= 0.3 is 5.97 Å². The van der Waals surface area contributed by atoms with Gasteiger partial charge in [0, 0.05) is 12.1 Å². The number of ether oxygens (including phenoxy) is 1. The van der Waals surface area contributed by atoms with Crippen LogP contribution in [0.3, 0.4) is 0 Å². The monoisotopic (exact) mass is 209 g/mol. The minimum Gasteiger partial charge on any atom is -0.497 e. The molecule has 0 bridgehead atoms. The number of benzene rings is 1. The number of rotatable bonds is 2. The second kappa shape index (κ2) is 3.13. The summed E-state index contributed by atoms with van der Waals surface area (Å²) in [5.74, 6) is -0.636. The summed E-state index contributed by atoms with van der Waals surface area (Å²) in [5.41, 5.74) is -0.533. The third-order valence-electron chi connectivity index (χ3n) is 2.45. The van der Waals surface area contributed by atoms with Gasteiger partial charge in [-0.15, -0.1) is 0 Å². The number of aliphatic carboxylic acids is 1. The number of aliphatic hydroxyl groups is 1. The lowest BCUT2D eigenvalue weighted by molar-refractivity contribution is -0.154.